The summed E-state index contributed by atoms with van der Waals surface area (Å²) >= 11 is 2.09. The molecule has 0 bridgehead atoms. The highest BCUT2D eigenvalue weighted by Gasteiger charge is 2.29. The first-order chi connectivity index (χ1) is 10.6. The molecule has 0 aromatic rings. The Hall–Kier alpha value is 0.270. The summed E-state index contributed by atoms with van der Waals surface area (Å²) in [6.45, 7) is 10.2. The Bertz CT molecular complexity index is 360. The van der Waals surface area contributed by atoms with Crippen molar-refractivity contribution in [2.75, 3.05) is 65.7 Å². The van der Waals surface area contributed by atoms with Gasteiger partial charge in [0.15, 0.2) is 5.96 Å². The van der Waals surface area contributed by atoms with Crippen molar-refractivity contribution in [3.63, 3.8) is 0 Å². The van der Waals surface area contributed by atoms with E-state index < -0.39 is 0 Å². The van der Waals surface area contributed by atoms with E-state index in [0.29, 0.717) is 4.75 Å². The topological polar surface area (TPSA) is 42.9 Å². The SMILES string of the molecule is CN=C(NCCN1CCCN(C)CC1)NCC1(C)CCCS1.I. The van der Waals surface area contributed by atoms with Gasteiger partial charge in [0.05, 0.1) is 0 Å². The van der Waals surface area contributed by atoms with Gasteiger partial charge in [-0.1, -0.05) is 0 Å². The van der Waals surface area contributed by atoms with Crippen molar-refractivity contribution >= 4 is 41.7 Å². The van der Waals surface area contributed by atoms with E-state index in [9.17, 15) is 0 Å². The largest absolute Gasteiger partial charge is 0.355 e. The van der Waals surface area contributed by atoms with E-state index in [1.807, 2.05) is 7.05 Å². The van der Waals surface area contributed by atoms with Crippen LogP contribution in [0.2, 0.25) is 0 Å². The molecule has 23 heavy (non-hydrogen) atoms. The van der Waals surface area contributed by atoms with Crippen LogP contribution in [0.25, 0.3) is 0 Å². The van der Waals surface area contributed by atoms with Crippen LogP contribution in [0, 0.1) is 0 Å². The summed E-state index contributed by atoms with van der Waals surface area (Å²) in [5.74, 6) is 2.24. The van der Waals surface area contributed by atoms with Crippen LogP contribution in [0.3, 0.4) is 0 Å². The fraction of sp³-hybridized carbons (Fsp3) is 0.938. The summed E-state index contributed by atoms with van der Waals surface area (Å²) in [7, 11) is 4.08. The van der Waals surface area contributed by atoms with Crippen LogP contribution >= 0.6 is 35.7 Å². The normalized spacial score (nSPS) is 27.3. The molecule has 2 fully saturated rings. The molecule has 2 rings (SSSR count). The highest BCUT2D eigenvalue weighted by atomic mass is 127. The van der Waals surface area contributed by atoms with Crippen molar-refractivity contribution in [3.05, 3.63) is 0 Å². The second kappa shape index (κ2) is 11.0. The molecule has 2 N–H and O–H groups in total. The number of hydrogen-bond acceptors (Lipinski definition) is 4. The molecule has 2 saturated heterocycles. The first kappa shape index (κ1) is 21.3. The lowest BCUT2D eigenvalue weighted by Crippen LogP contribution is -2.46. The van der Waals surface area contributed by atoms with Gasteiger partial charge in [-0.05, 0) is 52.1 Å². The number of likely N-dealkylation sites (N-methyl/N-ethyl adjacent to an activating group) is 1. The first-order valence-electron chi connectivity index (χ1n) is 8.61. The molecule has 0 saturated carbocycles. The minimum absolute atomic E-state index is 0. The van der Waals surface area contributed by atoms with E-state index in [1.54, 1.807) is 0 Å². The molecule has 1 unspecified atom stereocenters. The number of aliphatic imine (C=N–C) groups is 1. The summed E-state index contributed by atoms with van der Waals surface area (Å²) in [5.41, 5.74) is 0. The maximum absolute atomic E-state index is 4.35. The zero-order valence-electron chi connectivity index (χ0n) is 14.9. The molecule has 1 atom stereocenters. The second-order valence-corrected chi connectivity index (χ2v) is 8.44. The molecule has 7 heteroatoms. The third-order valence-electron chi connectivity index (χ3n) is 4.69. The van der Waals surface area contributed by atoms with Gasteiger partial charge in [-0.3, -0.25) is 4.99 Å². The average Bonchev–Trinajstić information content (AvgIpc) is 2.83. The molecular formula is C16H34IN5S. The van der Waals surface area contributed by atoms with E-state index in [0.717, 1.165) is 25.6 Å². The molecule has 2 aliphatic heterocycles. The van der Waals surface area contributed by atoms with Gasteiger partial charge in [-0.2, -0.15) is 11.8 Å². The van der Waals surface area contributed by atoms with Crippen molar-refractivity contribution < 1.29 is 0 Å². The molecule has 0 amide bonds. The predicted octanol–water partition coefficient (Wildman–Crippen LogP) is 1.69. The number of hydrogen-bond donors (Lipinski definition) is 2. The smallest absolute Gasteiger partial charge is 0.191 e. The van der Waals surface area contributed by atoms with Crippen LogP contribution in [0.15, 0.2) is 4.99 Å². The Morgan fingerprint density at radius 1 is 1.17 bits per heavy atom. The Morgan fingerprint density at radius 2 is 2.00 bits per heavy atom. The minimum atomic E-state index is 0. The second-order valence-electron chi connectivity index (χ2n) is 6.75. The summed E-state index contributed by atoms with van der Waals surface area (Å²) in [4.78, 5) is 9.33. The monoisotopic (exact) mass is 455 g/mol. The van der Waals surface area contributed by atoms with Crippen LogP contribution in [0.1, 0.15) is 26.2 Å². The molecule has 2 aliphatic rings. The lowest BCUT2D eigenvalue weighted by atomic mass is 10.1. The van der Waals surface area contributed by atoms with Gasteiger partial charge in [-0.25, -0.2) is 0 Å². The highest BCUT2D eigenvalue weighted by Crippen LogP contribution is 2.36. The van der Waals surface area contributed by atoms with Gasteiger partial charge in [0.1, 0.15) is 0 Å². The Morgan fingerprint density at radius 3 is 2.70 bits per heavy atom. The number of thioether (sulfide) groups is 1. The minimum Gasteiger partial charge on any atom is -0.355 e. The standard InChI is InChI=1S/C16H33N5S.HI/c1-16(6-4-13-22-16)14-19-15(17-2)18-7-10-21-9-5-8-20(3)11-12-21;/h4-14H2,1-3H3,(H2,17,18,19);1H. The van der Waals surface area contributed by atoms with Gasteiger partial charge in [0.25, 0.3) is 0 Å². The molecular weight excluding hydrogens is 421 g/mol. The quantitative estimate of drug-likeness (QED) is 0.375. The first-order valence-corrected chi connectivity index (χ1v) is 9.59. The molecule has 0 aliphatic carbocycles. The van der Waals surface area contributed by atoms with Crippen molar-refractivity contribution in [1.82, 2.24) is 20.4 Å². The zero-order chi connectivity index (χ0) is 15.8. The van der Waals surface area contributed by atoms with Crippen molar-refractivity contribution in [3.8, 4) is 0 Å². The number of halogens is 1. The molecule has 0 radical (unpaired) electrons. The van der Waals surface area contributed by atoms with Crippen LogP contribution in [0.4, 0.5) is 0 Å². The third kappa shape index (κ3) is 7.79. The van der Waals surface area contributed by atoms with E-state index in [1.165, 1.54) is 51.2 Å². The number of guanidine groups is 1. The average molecular weight is 455 g/mol. The fourth-order valence-corrected chi connectivity index (χ4v) is 4.37. The van der Waals surface area contributed by atoms with Crippen molar-refractivity contribution in [2.24, 2.45) is 4.99 Å². The maximum Gasteiger partial charge on any atom is 0.191 e. The number of rotatable bonds is 5. The summed E-state index contributed by atoms with van der Waals surface area (Å²) in [6.07, 6.45) is 3.93. The number of nitrogens with zero attached hydrogens (tertiary/aromatic N) is 3. The van der Waals surface area contributed by atoms with E-state index in [4.69, 9.17) is 0 Å². The highest BCUT2D eigenvalue weighted by molar-refractivity contribution is 14.0. The molecule has 136 valence electrons. The van der Waals surface area contributed by atoms with Crippen LogP contribution in [-0.4, -0.2) is 86.2 Å². The van der Waals surface area contributed by atoms with E-state index in [-0.39, 0.29) is 24.0 Å². The van der Waals surface area contributed by atoms with Crippen molar-refractivity contribution in [1.29, 1.82) is 0 Å². The number of nitrogens with one attached hydrogen (secondary N) is 2. The van der Waals surface area contributed by atoms with E-state index >= 15 is 0 Å². The summed E-state index contributed by atoms with van der Waals surface area (Å²) in [6, 6.07) is 0. The Labute approximate surface area is 163 Å². The van der Waals surface area contributed by atoms with Gasteiger partial charge in [-0.15, -0.1) is 24.0 Å². The summed E-state index contributed by atoms with van der Waals surface area (Å²) < 4.78 is 0.382. The molecule has 0 spiro atoms. The fourth-order valence-electron chi connectivity index (χ4n) is 3.12. The van der Waals surface area contributed by atoms with E-state index in [2.05, 4.69) is 51.2 Å². The predicted molar refractivity (Wildman–Crippen MR) is 113 cm³/mol. The lowest BCUT2D eigenvalue weighted by Gasteiger charge is -2.25. The zero-order valence-corrected chi connectivity index (χ0v) is 18.1. The molecule has 2 heterocycles. The van der Waals surface area contributed by atoms with Gasteiger partial charge < -0.3 is 20.4 Å². The Kier molecular flexibility index (Phi) is 10.2. The van der Waals surface area contributed by atoms with Crippen LogP contribution < -0.4 is 10.6 Å². The molecule has 0 aromatic heterocycles. The summed E-state index contributed by atoms with van der Waals surface area (Å²) in [5, 5.41) is 6.96. The maximum atomic E-state index is 4.35. The van der Waals surface area contributed by atoms with Gasteiger partial charge in [0, 0.05) is 44.5 Å². The Balaban J connectivity index is 0.00000264. The van der Waals surface area contributed by atoms with Crippen LogP contribution in [-0.2, 0) is 0 Å². The molecule has 0 aromatic carbocycles. The third-order valence-corrected chi connectivity index (χ3v) is 6.22. The van der Waals surface area contributed by atoms with Crippen molar-refractivity contribution in [2.45, 2.75) is 30.9 Å². The molecule has 5 nitrogen and oxygen atoms in total. The van der Waals surface area contributed by atoms with Crippen LogP contribution in [0.5, 0.6) is 0 Å². The lowest BCUT2D eigenvalue weighted by molar-refractivity contribution is 0.280. The van der Waals surface area contributed by atoms with Gasteiger partial charge >= 0.3 is 0 Å². The van der Waals surface area contributed by atoms with Gasteiger partial charge in [0.2, 0.25) is 0 Å².